The molecule has 1 aromatic rings. The van der Waals surface area contributed by atoms with Crippen molar-refractivity contribution >= 4 is 0 Å². The number of piperidine rings is 1. The zero-order chi connectivity index (χ0) is 9.10. The number of hydrogen-bond donors (Lipinski definition) is 0. The first-order valence-corrected chi connectivity index (χ1v) is 4.99. The molecule has 3 heteroatoms. The fourth-order valence-corrected chi connectivity index (χ4v) is 2.12. The summed E-state index contributed by atoms with van der Waals surface area (Å²) in [6.07, 6.45) is 8.52. The van der Waals surface area contributed by atoms with Gasteiger partial charge in [0.05, 0.1) is 6.33 Å². The van der Waals surface area contributed by atoms with Gasteiger partial charge in [-0.2, -0.15) is 0 Å². The van der Waals surface area contributed by atoms with E-state index in [9.17, 15) is 0 Å². The van der Waals surface area contributed by atoms with E-state index in [1.807, 2.05) is 12.5 Å². The van der Waals surface area contributed by atoms with Gasteiger partial charge in [0.25, 0.3) is 0 Å². The Morgan fingerprint density at radius 3 is 3.15 bits per heavy atom. The van der Waals surface area contributed by atoms with Crippen LogP contribution in [-0.4, -0.2) is 34.6 Å². The Morgan fingerprint density at radius 1 is 1.54 bits per heavy atom. The molecule has 1 fully saturated rings. The van der Waals surface area contributed by atoms with Crippen molar-refractivity contribution < 1.29 is 0 Å². The number of imidazole rings is 1. The van der Waals surface area contributed by atoms with E-state index >= 15 is 0 Å². The molecule has 3 nitrogen and oxygen atoms in total. The molecule has 0 N–H and O–H groups in total. The average molecular weight is 179 g/mol. The third kappa shape index (κ3) is 2.31. The SMILES string of the molecule is CN1CCC[C@H](Cn2ccnc2)C1. The Morgan fingerprint density at radius 2 is 2.46 bits per heavy atom. The van der Waals surface area contributed by atoms with E-state index in [4.69, 9.17) is 0 Å². The first kappa shape index (κ1) is 8.75. The topological polar surface area (TPSA) is 21.1 Å². The van der Waals surface area contributed by atoms with Gasteiger partial charge in [0.15, 0.2) is 0 Å². The molecule has 0 unspecified atom stereocenters. The molecule has 1 aliphatic rings. The molecule has 0 spiro atoms. The molecule has 0 bridgehead atoms. The monoisotopic (exact) mass is 179 g/mol. The van der Waals surface area contributed by atoms with Crippen LogP contribution in [0, 0.1) is 5.92 Å². The maximum absolute atomic E-state index is 4.06. The second-order valence-electron chi connectivity index (χ2n) is 4.03. The Hall–Kier alpha value is -0.830. The number of rotatable bonds is 2. The molecule has 1 aliphatic heterocycles. The maximum Gasteiger partial charge on any atom is 0.0946 e. The van der Waals surface area contributed by atoms with Crippen molar-refractivity contribution in [2.45, 2.75) is 19.4 Å². The summed E-state index contributed by atoms with van der Waals surface area (Å²) < 4.78 is 2.18. The molecule has 0 aromatic carbocycles. The largest absolute Gasteiger partial charge is 0.337 e. The van der Waals surface area contributed by atoms with Crippen molar-refractivity contribution in [3.05, 3.63) is 18.7 Å². The molecular formula is C10H17N3. The van der Waals surface area contributed by atoms with Crippen molar-refractivity contribution in [2.24, 2.45) is 5.92 Å². The summed E-state index contributed by atoms with van der Waals surface area (Å²) in [5, 5.41) is 0. The molecule has 1 saturated heterocycles. The van der Waals surface area contributed by atoms with Crippen molar-refractivity contribution in [3.8, 4) is 0 Å². The van der Waals surface area contributed by atoms with Gasteiger partial charge in [-0.25, -0.2) is 4.98 Å². The van der Waals surface area contributed by atoms with Crippen molar-refractivity contribution in [3.63, 3.8) is 0 Å². The lowest BCUT2D eigenvalue weighted by Gasteiger charge is -2.29. The smallest absolute Gasteiger partial charge is 0.0946 e. The van der Waals surface area contributed by atoms with E-state index in [0.29, 0.717) is 0 Å². The highest BCUT2D eigenvalue weighted by atomic mass is 15.1. The van der Waals surface area contributed by atoms with Gasteiger partial charge < -0.3 is 9.47 Å². The quantitative estimate of drug-likeness (QED) is 0.680. The zero-order valence-corrected chi connectivity index (χ0v) is 8.19. The van der Waals surface area contributed by atoms with Crippen LogP contribution in [0.4, 0.5) is 0 Å². The van der Waals surface area contributed by atoms with Crippen LogP contribution in [-0.2, 0) is 6.54 Å². The minimum absolute atomic E-state index is 0.813. The van der Waals surface area contributed by atoms with Crippen molar-refractivity contribution in [2.75, 3.05) is 20.1 Å². The molecule has 0 radical (unpaired) electrons. The summed E-state index contributed by atoms with van der Waals surface area (Å²) in [4.78, 5) is 6.48. The number of likely N-dealkylation sites (tertiary alicyclic amines) is 1. The van der Waals surface area contributed by atoms with E-state index in [2.05, 4.69) is 27.7 Å². The van der Waals surface area contributed by atoms with Crippen LogP contribution in [0.5, 0.6) is 0 Å². The Bertz CT molecular complexity index is 243. The highest BCUT2D eigenvalue weighted by Gasteiger charge is 2.16. The van der Waals surface area contributed by atoms with Gasteiger partial charge in [-0.1, -0.05) is 0 Å². The van der Waals surface area contributed by atoms with Gasteiger partial charge >= 0.3 is 0 Å². The Balaban J connectivity index is 1.87. The van der Waals surface area contributed by atoms with E-state index in [1.54, 1.807) is 0 Å². The highest BCUT2D eigenvalue weighted by molar-refractivity contribution is 4.78. The fraction of sp³-hybridized carbons (Fsp3) is 0.700. The molecule has 0 saturated carbocycles. The third-order valence-corrected chi connectivity index (χ3v) is 2.75. The van der Waals surface area contributed by atoms with Crippen molar-refractivity contribution in [1.82, 2.24) is 14.5 Å². The lowest BCUT2D eigenvalue weighted by molar-refractivity contribution is 0.194. The lowest BCUT2D eigenvalue weighted by Crippen LogP contribution is -2.33. The molecule has 13 heavy (non-hydrogen) atoms. The predicted octanol–water partition coefficient (Wildman–Crippen LogP) is 1.22. The minimum Gasteiger partial charge on any atom is -0.337 e. The van der Waals surface area contributed by atoms with Gasteiger partial charge in [0.1, 0.15) is 0 Å². The van der Waals surface area contributed by atoms with E-state index in [0.717, 1.165) is 12.5 Å². The Kier molecular flexibility index (Phi) is 2.64. The molecule has 1 aromatic heterocycles. The van der Waals surface area contributed by atoms with E-state index < -0.39 is 0 Å². The fourth-order valence-electron chi connectivity index (χ4n) is 2.12. The van der Waals surface area contributed by atoms with Gasteiger partial charge in [-0.3, -0.25) is 0 Å². The standard InChI is InChI=1S/C10H17N3/c1-12-5-2-3-10(7-12)8-13-6-4-11-9-13/h4,6,9-10H,2-3,5,7-8H2,1H3/t10-/m0/s1. The molecule has 1 atom stereocenters. The van der Waals surface area contributed by atoms with Crippen LogP contribution >= 0.6 is 0 Å². The second-order valence-corrected chi connectivity index (χ2v) is 4.03. The first-order chi connectivity index (χ1) is 6.34. The summed E-state index contributed by atoms with van der Waals surface area (Å²) in [5.74, 6) is 0.813. The molecule has 2 rings (SSSR count). The second kappa shape index (κ2) is 3.92. The van der Waals surface area contributed by atoms with Gasteiger partial charge in [0, 0.05) is 25.5 Å². The molecule has 0 amide bonds. The molecule has 72 valence electrons. The highest BCUT2D eigenvalue weighted by Crippen LogP contribution is 2.16. The van der Waals surface area contributed by atoms with Crippen LogP contribution in [0.3, 0.4) is 0 Å². The Labute approximate surface area is 79.4 Å². The van der Waals surface area contributed by atoms with Crippen LogP contribution in [0.25, 0.3) is 0 Å². The van der Waals surface area contributed by atoms with Crippen LogP contribution in [0.2, 0.25) is 0 Å². The van der Waals surface area contributed by atoms with Gasteiger partial charge in [0.2, 0.25) is 0 Å². The van der Waals surface area contributed by atoms with E-state index in [-0.39, 0.29) is 0 Å². The molecule has 0 aliphatic carbocycles. The zero-order valence-electron chi connectivity index (χ0n) is 8.19. The number of nitrogens with zero attached hydrogens (tertiary/aromatic N) is 3. The van der Waals surface area contributed by atoms with Crippen molar-refractivity contribution in [1.29, 1.82) is 0 Å². The summed E-state index contributed by atoms with van der Waals surface area (Å²) in [5.41, 5.74) is 0. The van der Waals surface area contributed by atoms with Crippen LogP contribution in [0.1, 0.15) is 12.8 Å². The average Bonchev–Trinajstić information content (AvgIpc) is 2.57. The maximum atomic E-state index is 4.06. The lowest BCUT2D eigenvalue weighted by atomic mass is 9.98. The molecular weight excluding hydrogens is 162 g/mol. The summed E-state index contributed by atoms with van der Waals surface area (Å²) >= 11 is 0. The minimum atomic E-state index is 0.813. The number of hydrogen-bond acceptors (Lipinski definition) is 2. The third-order valence-electron chi connectivity index (χ3n) is 2.75. The summed E-state index contributed by atoms with van der Waals surface area (Å²) in [6.45, 7) is 3.63. The van der Waals surface area contributed by atoms with Crippen LogP contribution < -0.4 is 0 Å². The first-order valence-electron chi connectivity index (χ1n) is 4.99. The van der Waals surface area contributed by atoms with Gasteiger partial charge in [-0.05, 0) is 32.4 Å². The van der Waals surface area contributed by atoms with Gasteiger partial charge in [-0.15, -0.1) is 0 Å². The van der Waals surface area contributed by atoms with E-state index in [1.165, 1.54) is 25.9 Å². The normalized spacial score (nSPS) is 24.8. The predicted molar refractivity (Wildman–Crippen MR) is 52.4 cm³/mol. The summed E-state index contributed by atoms with van der Waals surface area (Å²) in [7, 11) is 2.21. The number of aromatic nitrogens is 2. The molecule has 2 heterocycles. The van der Waals surface area contributed by atoms with Crippen LogP contribution in [0.15, 0.2) is 18.7 Å². The summed E-state index contributed by atoms with van der Waals surface area (Å²) in [6, 6.07) is 0.